The topological polar surface area (TPSA) is 41.6 Å². The van der Waals surface area contributed by atoms with Gasteiger partial charge < -0.3 is 15.0 Å². The number of amides is 2. The van der Waals surface area contributed by atoms with Gasteiger partial charge in [0.1, 0.15) is 0 Å². The number of hydrogen-bond donors (Lipinski definition) is 1. The van der Waals surface area contributed by atoms with Crippen molar-refractivity contribution in [3.63, 3.8) is 0 Å². The quantitative estimate of drug-likeness (QED) is 0.868. The Balaban J connectivity index is 1.93. The van der Waals surface area contributed by atoms with Crippen LogP contribution in [-0.4, -0.2) is 37.2 Å². The first kappa shape index (κ1) is 16.6. The Kier molecular flexibility index (Phi) is 5.28. The molecule has 2 atom stereocenters. The van der Waals surface area contributed by atoms with Crippen molar-refractivity contribution in [2.75, 3.05) is 20.3 Å². The molecule has 7 heteroatoms. The molecule has 0 aliphatic carbocycles. The first-order valence-corrected chi connectivity index (χ1v) is 7.11. The summed E-state index contributed by atoms with van der Waals surface area (Å²) in [6, 6.07) is 1.36. The van der Waals surface area contributed by atoms with E-state index in [0.29, 0.717) is 13.2 Å². The van der Waals surface area contributed by atoms with Gasteiger partial charge in [0.05, 0.1) is 6.61 Å². The number of carbonyl (C=O) groups is 1. The minimum absolute atomic E-state index is 0.0200. The molecule has 22 heavy (non-hydrogen) atoms. The Morgan fingerprint density at radius 3 is 2.59 bits per heavy atom. The normalized spacial score (nSPS) is 19.0. The van der Waals surface area contributed by atoms with Crippen LogP contribution in [0.15, 0.2) is 12.1 Å². The highest BCUT2D eigenvalue weighted by molar-refractivity contribution is 5.74. The van der Waals surface area contributed by atoms with Gasteiger partial charge in [0, 0.05) is 32.2 Å². The number of ether oxygens (including phenoxy) is 1. The molecule has 1 fully saturated rings. The maximum atomic E-state index is 13.2. The van der Waals surface area contributed by atoms with Gasteiger partial charge in [0.15, 0.2) is 17.5 Å². The summed E-state index contributed by atoms with van der Waals surface area (Å²) in [7, 11) is 1.51. The lowest BCUT2D eigenvalue weighted by Crippen LogP contribution is -2.44. The number of hydrogen-bond acceptors (Lipinski definition) is 2. The Bertz CT molecular complexity index is 525. The molecule has 2 amide bonds. The summed E-state index contributed by atoms with van der Waals surface area (Å²) in [4.78, 5) is 13.4. The van der Waals surface area contributed by atoms with Crippen molar-refractivity contribution in [3.05, 3.63) is 35.1 Å². The van der Waals surface area contributed by atoms with E-state index in [-0.39, 0.29) is 30.1 Å². The zero-order valence-electron chi connectivity index (χ0n) is 12.5. The maximum absolute atomic E-state index is 13.2. The van der Waals surface area contributed by atoms with Crippen LogP contribution >= 0.6 is 0 Å². The smallest absolute Gasteiger partial charge is 0.317 e. The molecule has 0 unspecified atom stereocenters. The van der Waals surface area contributed by atoms with E-state index in [4.69, 9.17) is 4.74 Å². The van der Waals surface area contributed by atoms with Gasteiger partial charge in [-0.05, 0) is 31.0 Å². The number of carbonyl (C=O) groups excluding carboxylic acids is 1. The molecule has 0 spiro atoms. The van der Waals surface area contributed by atoms with Crippen LogP contribution in [0.1, 0.15) is 18.9 Å². The molecule has 0 bridgehead atoms. The van der Waals surface area contributed by atoms with Crippen LogP contribution in [0, 0.1) is 23.4 Å². The fourth-order valence-corrected chi connectivity index (χ4v) is 2.41. The van der Waals surface area contributed by atoms with Crippen LogP contribution in [0.4, 0.5) is 18.0 Å². The monoisotopic (exact) mass is 316 g/mol. The average molecular weight is 316 g/mol. The third-order valence-corrected chi connectivity index (χ3v) is 3.83. The molecule has 0 saturated carbocycles. The zero-order chi connectivity index (χ0) is 16.3. The van der Waals surface area contributed by atoms with Crippen LogP contribution in [0.25, 0.3) is 0 Å². The Morgan fingerprint density at radius 1 is 1.41 bits per heavy atom. The number of nitrogens with one attached hydrogen (secondary N) is 1. The van der Waals surface area contributed by atoms with Crippen molar-refractivity contribution in [3.8, 4) is 0 Å². The minimum Gasteiger partial charge on any atom is -0.381 e. The second-order valence-electron chi connectivity index (χ2n) is 5.59. The molecular formula is C15H19F3N2O2. The van der Waals surface area contributed by atoms with Gasteiger partial charge in [-0.15, -0.1) is 0 Å². The highest BCUT2D eigenvalue weighted by Gasteiger charge is 2.24. The second kappa shape index (κ2) is 7.00. The lowest BCUT2D eigenvalue weighted by atomic mass is 10.0. The summed E-state index contributed by atoms with van der Waals surface area (Å²) in [6.07, 6.45) is 0.888. The van der Waals surface area contributed by atoms with Crippen molar-refractivity contribution in [2.24, 2.45) is 5.92 Å². The van der Waals surface area contributed by atoms with E-state index in [1.165, 1.54) is 11.9 Å². The summed E-state index contributed by atoms with van der Waals surface area (Å²) < 4.78 is 44.5. The van der Waals surface area contributed by atoms with Gasteiger partial charge in [-0.1, -0.05) is 0 Å². The third kappa shape index (κ3) is 3.91. The van der Waals surface area contributed by atoms with E-state index < -0.39 is 17.5 Å². The van der Waals surface area contributed by atoms with Crippen LogP contribution in [0.2, 0.25) is 0 Å². The van der Waals surface area contributed by atoms with E-state index in [2.05, 4.69) is 5.32 Å². The number of nitrogens with zero attached hydrogens (tertiary/aromatic N) is 1. The number of benzene rings is 1. The van der Waals surface area contributed by atoms with Crippen molar-refractivity contribution >= 4 is 6.03 Å². The molecule has 4 nitrogen and oxygen atoms in total. The minimum atomic E-state index is -1.51. The highest BCUT2D eigenvalue weighted by Crippen LogP contribution is 2.17. The van der Waals surface area contributed by atoms with Gasteiger partial charge in [0.2, 0.25) is 0 Å². The predicted molar refractivity (Wildman–Crippen MR) is 74.7 cm³/mol. The largest absolute Gasteiger partial charge is 0.381 e. The van der Waals surface area contributed by atoms with Gasteiger partial charge in [-0.25, -0.2) is 18.0 Å². The lowest BCUT2D eigenvalue weighted by Gasteiger charge is -2.24. The van der Waals surface area contributed by atoms with E-state index in [1.54, 1.807) is 0 Å². The number of urea groups is 1. The molecule has 1 N–H and O–H groups in total. The summed E-state index contributed by atoms with van der Waals surface area (Å²) in [5.74, 6) is -3.77. The molecule has 122 valence electrons. The molecule has 1 saturated heterocycles. The summed E-state index contributed by atoms with van der Waals surface area (Å²) in [5, 5.41) is 2.83. The van der Waals surface area contributed by atoms with Gasteiger partial charge in [0.25, 0.3) is 0 Å². The Labute approximate surface area is 127 Å². The fourth-order valence-electron chi connectivity index (χ4n) is 2.41. The van der Waals surface area contributed by atoms with Gasteiger partial charge >= 0.3 is 6.03 Å². The van der Waals surface area contributed by atoms with E-state index in [0.717, 1.165) is 18.6 Å². The lowest BCUT2D eigenvalue weighted by molar-refractivity contribution is 0.173. The van der Waals surface area contributed by atoms with Crippen LogP contribution in [0.5, 0.6) is 0 Å². The van der Waals surface area contributed by atoms with Crippen molar-refractivity contribution < 1.29 is 22.7 Å². The summed E-state index contributed by atoms with van der Waals surface area (Å²) >= 11 is 0. The van der Waals surface area contributed by atoms with Gasteiger partial charge in [-0.2, -0.15) is 0 Å². The van der Waals surface area contributed by atoms with Crippen molar-refractivity contribution in [1.82, 2.24) is 10.2 Å². The first-order chi connectivity index (χ1) is 10.4. The number of rotatable bonds is 4. The van der Waals surface area contributed by atoms with E-state index >= 15 is 0 Å². The van der Waals surface area contributed by atoms with Crippen LogP contribution in [-0.2, 0) is 11.3 Å². The third-order valence-electron chi connectivity index (χ3n) is 3.83. The molecule has 0 aromatic heterocycles. The molecule has 1 aliphatic heterocycles. The fraction of sp³-hybridized carbons (Fsp3) is 0.533. The summed E-state index contributed by atoms with van der Waals surface area (Å²) in [6.45, 7) is 3.17. The van der Waals surface area contributed by atoms with Gasteiger partial charge in [-0.3, -0.25) is 0 Å². The summed E-state index contributed by atoms with van der Waals surface area (Å²) in [5.41, 5.74) is 0.186. The Hall–Kier alpha value is -1.76. The molecule has 1 aromatic carbocycles. The molecular weight excluding hydrogens is 297 g/mol. The average Bonchev–Trinajstić information content (AvgIpc) is 2.98. The Morgan fingerprint density at radius 2 is 2.05 bits per heavy atom. The van der Waals surface area contributed by atoms with Crippen LogP contribution < -0.4 is 5.32 Å². The number of halogens is 3. The predicted octanol–water partition coefficient (Wildman–Crippen LogP) is 2.67. The highest BCUT2D eigenvalue weighted by atomic mass is 19.2. The van der Waals surface area contributed by atoms with E-state index in [9.17, 15) is 18.0 Å². The van der Waals surface area contributed by atoms with E-state index in [1.807, 2.05) is 6.92 Å². The van der Waals surface area contributed by atoms with Crippen molar-refractivity contribution in [1.29, 1.82) is 0 Å². The maximum Gasteiger partial charge on any atom is 0.317 e. The molecule has 0 radical (unpaired) electrons. The SMILES string of the molecule is C[C@H](NC(=O)N(C)Cc1cc(F)c(F)c(F)c1)[C@H]1CCOC1. The first-order valence-electron chi connectivity index (χ1n) is 7.11. The standard InChI is InChI=1S/C15H19F3N2O2/c1-9(11-3-4-22-8-11)19-15(21)20(2)7-10-5-12(16)14(18)13(17)6-10/h5-6,9,11H,3-4,7-8H2,1-2H3,(H,19,21)/t9-,11-/m0/s1. The molecule has 1 aliphatic rings. The van der Waals surface area contributed by atoms with Crippen molar-refractivity contribution in [2.45, 2.75) is 25.9 Å². The molecule has 2 rings (SSSR count). The zero-order valence-corrected chi connectivity index (χ0v) is 12.5. The molecule has 1 aromatic rings. The van der Waals surface area contributed by atoms with Crippen LogP contribution in [0.3, 0.4) is 0 Å². The molecule has 1 heterocycles. The second-order valence-corrected chi connectivity index (χ2v) is 5.59.